The first-order chi connectivity index (χ1) is 7.37. The van der Waals surface area contributed by atoms with Crippen LogP contribution in [0.4, 0.5) is 0 Å². The van der Waals surface area contributed by atoms with E-state index in [0.29, 0.717) is 5.02 Å². The summed E-state index contributed by atoms with van der Waals surface area (Å²) in [5.41, 5.74) is 0.411. The van der Waals surface area contributed by atoms with Crippen LogP contribution in [0.5, 0.6) is 0 Å². The van der Waals surface area contributed by atoms with E-state index in [4.69, 9.17) is 16.3 Å². The summed E-state index contributed by atoms with van der Waals surface area (Å²) in [5, 5.41) is 0.645. The van der Waals surface area contributed by atoms with Crippen molar-refractivity contribution >= 4 is 23.6 Å². The van der Waals surface area contributed by atoms with Crippen LogP contribution in [0, 0.1) is 0 Å². The van der Waals surface area contributed by atoms with Gasteiger partial charge in [-0.3, -0.25) is 0 Å². The standard InChI is InChI=1S/C13H15ClO2/c1-13(2,3)16-12(15)8-7-10-5-4-6-11(14)9-10/h4-9H,1-3H3/b8-7+. The maximum absolute atomic E-state index is 11.4. The minimum Gasteiger partial charge on any atom is -0.457 e. The van der Waals surface area contributed by atoms with Crippen LogP contribution in [-0.2, 0) is 9.53 Å². The molecule has 1 aromatic rings. The van der Waals surface area contributed by atoms with Crippen LogP contribution in [0.15, 0.2) is 30.3 Å². The molecule has 1 rings (SSSR count). The van der Waals surface area contributed by atoms with Gasteiger partial charge in [0, 0.05) is 11.1 Å². The quantitative estimate of drug-likeness (QED) is 0.580. The van der Waals surface area contributed by atoms with E-state index in [1.54, 1.807) is 18.2 Å². The lowest BCUT2D eigenvalue weighted by Crippen LogP contribution is -2.22. The van der Waals surface area contributed by atoms with Crippen molar-refractivity contribution < 1.29 is 9.53 Å². The van der Waals surface area contributed by atoms with Gasteiger partial charge in [0.1, 0.15) is 5.60 Å². The predicted molar refractivity (Wildman–Crippen MR) is 66.3 cm³/mol. The van der Waals surface area contributed by atoms with E-state index in [1.165, 1.54) is 6.08 Å². The highest BCUT2D eigenvalue weighted by molar-refractivity contribution is 6.30. The summed E-state index contributed by atoms with van der Waals surface area (Å²) in [6, 6.07) is 7.26. The van der Waals surface area contributed by atoms with E-state index in [9.17, 15) is 4.79 Å². The Morgan fingerprint density at radius 1 is 1.38 bits per heavy atom. The third-order valence-corrected chi connectivity index (χ3v) is 1.90. The van der Waals surface area contributed by atoms with Gasteiger partial charge < -0.3 is 4.74 Å². The van der Waals surface area contributed by atoms with E-state index < -0.39 is 5.60 Å². The molecule has 1 aromatic carbocycles. The summed E-state index contributed by atoms with van der Waals surface area (Å²) in [5.74, 6) is -0.354. The van der Waals surface area contributed by atoms with E-state index in [-0.39, 0.29) is 5.97 Å². The molecule has 0 bridgehead atoms. The van der Waals surface area contributed by atoms with Gasteiger partial charge in [0.2, 0.25) is 0 Å². The van der Waals surface area contributed by atoms with E-state index in [1.807, 2.05) is 32.9 Å². The van der Waals surface area contributed by atoms with Crippen molar-refractivity contribution in [2.75, 3.05) is 0 Å². The van der Waals surface area contributed by atoms with Crippen molar-refractivity contribution in [3.05, 3.63) is 40.9 Å². The van der Waals surface area contributed by atoms with E-state index in [2.05, 4.69) is 0 Å². The van der Waals surface area contributed by atoms with E-state index in [0.717, 1.165) is 5.56 Å². The van der Waals surface area contributed by atoms with Crippen molar-refractivity contribution in [1.29, 1.82) is 0 Å². The number of rotatable bonds is 2. The normalized spacial score (nSPS) is 11.8. The SMILES string of the molecule is CC(C)(C)OC(=O)/C=C/c1cccc(Cl)c1. The third-order valence-electron chi connectivity index (χ3n) is 1.67. The zero-order chi connectivity index (χ0) is 12.2. The van der Waals surface area contributed by atoms with Gasteiger partial charge in [0.25, 0.3) is 0 Å². The van der Waals surface area contributed by atoms with Crippen LogP contribution in [0.1, 0.15) is 26.3 Å². The Labute approximate surface area is 101 Å². The van der Waals surface area contributed by atoms with Gasteiger partial charge in [0.05, 0.1) is 0 Å². The minimum absolute atomic E-state index is 0.354. The molecule has 3 heteroatoms. The highest BCUT2D eigenvalue weighted by atomic mass is 35.5. The molecule has 0 atom stereocenters. The minimum atomic E-state index is -0.463. The Morgan fingerprint density at radius 3 is 2.62 bits per heavy atom. The van der Waals surface area contributed by atoms with Gasteiger partial charge >= 0.3 is 5.97 Å². The highest BCUT2D eigenvalue weighted by Gasteiger charge is 2.13. The Bertz CT molecular complexity index is 403. The van der Waals surface area contributed by atoms with Gasteiger partial charge in [-0.25, -0.2) is 4.79 Å². The topological polar surface area (TPSA) is 26.3 Å². The molecule has 0 aliphatic carbocycles. The molecule has 0 saturated heterocycles. The summed E-state index contributed by atoms with van der Waals surface area (Å²) in [6.07, 6.45) is 3.08. The first-order valence-corrected chi connectivity index (χ1v) is 5.41. The second-order valence-electron chi connectivity index (χ2n) is 4.42. The second-order valence-corrected chi connectivity index (χ2v) is 4.86. The number of carbonyl (C=O) groups excluding carboxylic acids is 1. The van der Waals surface area contributed by atoms with E-state index >= 15 is 0 Å². The molecule has 0 aliphatic heterocycles. The molecule has 0 aromatic heterocycles. The fourth-order valence-corrected chi connectivity index (χ4v) is 1.31. The smallest absolute Gasteiger partial charge is 0.331 e. The Kier molecular flexibility index (Phi) is 4.13. The summed E-state index contributed by atoms with van der Waals surface area (Å²) >= 11 is 5.82. The predicted octanol–water partition coefficient (Wildman–Crippen LogP) is 3.69. The number of ether oxygens (including phenoxy) is 1. The van der Waals surface area contributed by atoms with Gasteiger partial charge in [-0.05, 0) is 44.5 Å². The summed E-state index contributed by atoms with van der Waals surface area (Å²) in [4.78, 5) is 11.4. The first-order valence-electron chi connectivity index (χ1n) is 5.03. The summed E-state index contributed by atoms with van der Waals surface area (Å²) < 4.78 is 5.13. The molecule has 0 heterocycles. The molecule has 86 valence electrons. The number of halogens is 1. The summed E-state index contributed by atoms with van der Waals surface area (Å²) in [6.45, 7) is 5.49. The Morgan fingerprint density at radius 2 is 2.06 bits per heavy atom. The van der Waals surface area contributed by atoms with Gasteiger partial charge in [-0.1, -0.05) is 23.7 Å². The molecule has 0 unspecified atom stereocenters. The van der Waals surface area contributed by atoms with Crippen LogP contribution >= 0.6 is 11.6 Å². The van der Waals surface area contributed by atoms with Crippen LogP contribution in [0.25, 0.3) is 6.08 Å². The molecule has 0 amide bonds. The van der Waals surface area contributed by atoms with Gasteiger partial charge in [-0.15, -0.1) is 0 Å². The number of hydrogen-bond donors (Lipinski definition) is 0. The lowest BCUT2D eigenvalue weighted by Gasteiger charge is -2.17. The van der Waals surface area contributed by atoms with Crippen molar-refractivity contribution in [3.8, 4) is 0 Å². The van der Waals surface area contributed by atoms with Crippen molar-refractivity contribution in [2.45, 2.75) is 26.4 Å². The number of carbonyl (C=O) groups is 1. The van der Waals surface area contributed by atoms with Crippen LogP contribution in [0.2, 0.25) is 5.02 Å². The average molecular weight is 239 g/mol. The lowest BCUT2D eigenvalue weighted by molar-refractivity contribution is -0.148. The third kappa shape index (κ3) is 4.99. The molecule has 0 N–H and O–H groups in total. The number of benzene rings is 1. The molecule has 0 radical (unpaired) electrons. The van der Waals surface area contributed by atoms with Crippen LogP contribution in [-0.4, -0.2) is 11.6 Å². The fourth-order valence-electron chi connectivity index (χ4n) is 1.11. The molecular weight excluding hydrogens is 224 g/mol. The lowest BCUT2D eigenvalue weighted by atomic mass is 10.2. The number of hydrogen-bond acceptors (Lipinski definition) is 2. The van der Waals surface area contributed by atoms with Crippen LogP contribution in [0.3, 0.4) is 0 Å². The largest absolute Gasteiger partial charge is 0.457 e. The molecule has 2 nitrogen and oxygen atoms in total. The maximum Gasteiger partial charge on any atom is 0.331 e. The summed E-state index contributed by atoms with van der Waals surface area (Å²) in [7, 11) is 0. The van der Waals surface area contributed by atoms with Gasteiger partial charge in [-0.2, -0.15) is 0 Å². The molecule has 16 heavy (non-hydrogen) atoms. The Balaban J connectivity index is 2.64. The van der Waals surface area contributed by atoms with Gasteiger partial charge in [0.15, 0.2) is 0 Å². The van der Waals surface area contributed by atoms with Crippen LogP contribution < -0.4 is 0 Å². The van der Waals surface area contributed by atoms with Crippen molar-refractivity contribution in [3.63, 3.8) is 0 Å². The zero-order valence-electron chi connectivity index (χ0n) is 9.66. The molecule has 0 spiro atoms. The molecule has 0 fully saturated rings. The first kappa shape index (κ1) is 12.8. The molecule has 0 saturated carbocycles. The number of esters is 1. The Hall–Kier alpha value is -1.28. The highest BCUT2D eigenvalue weighted by Crippen LogP contribution is 2.12. The van der Waals surface area contributed by atoms with Crippen molar-refractivity contribution in [2.24, 2.45) is 0 Å². The second kappa shape index (κ2) is 5.17. The average Bonchev–Trinajstić information content (AvgIpc) is 2.12. The maximum atomic E-state index is 11.4. The fraction of sp³-hybridized carbons (Fsp3) is 0.308. The monoisotopic (exact) mass is 238 g/mol. The molecular formula is C13H15ClO2. The van der Waals surface area contributed by atoms with Crippen molar-refractivity contribution in [1.82, 2.24) is 0 Å². The molecule has 0 aliphatic rings. The zero-order valence-corrected chi connectivity index (χ0v) is 10.4.